The average molecular weight is 529 g/mol. The SMILES string of the molecule is CCc1cccc(CNC[C@@H](O)[C@@H]2Cc3ccc(c(F)c3)OCCCCC(=O)N[C@@H](CC(N)=O)C(=O)N2)c1. The molecule has 2 aliphatic rings. The van der Waals surface area contributed by atoms with Gasteiger partial charge in [-0.2, -0.15) is 0 Å². The van der Waals surface area contributed by atoms with Crippen molar-refractivity contribution < 1.29 is 28.6 Å². The number of hydrogen-bond donors (Lipinski definition) is 5. The Kier molecular flexibility index (Phi) is 11.0. The van der Waals surface area contributed by atoms with Crippen molar-refractivity contribution in [3.05, 3.63) is 65.0 Å². The average Bonchev–Trinajstić information content (AvgIpc) is 2.88. The quantitative estimate of drug-likeness (QED) is 0.351. The molecule has 2 aromatic rings. The highest BCUT2D eigenvalue weighted by molar-refractivity contribution is 5.91. The van der Waals surface area contributed by atoms with Crippen LogP contribution in [0.4, 0.5) is 4.39 Å². The molecule has 3 amide bonds. The molecule has 0 spiro atoms. The molecule has 4 rings (SSSR count). The van der Waals surface area contributed by atoms with E-state index in [0.29, 0.717) is 24.9 Å². The van der Waals surface area contributed by atoms with Crippen molar-refractivity contribution in [3.8, 4) is 5.75 Å². The summed E-state index contributed by atoms with van der Waals surface area (Å²) in [5.74, 6) is -2.26. The number of fused-ring (bicyclic) bond motifs is 13. The fraction of sp³-hybridized carbons (Fsp3) is 0.464. The Morgan fingerprint density at radius 2 is 1.97 bits per heavy atom. The van der Waals surface area contributed by atoms with Crippen LogP contribution >= 0.6 is 0 Å². The number of nitrogens with two attached hydrogens (primary N) is 1. The molecular formula is C28H37FN4O5. The summed E-state index contributed by atoms with van der Waals surface area (Å²) in [6.07, 6.45) is 0.621. The Balaban J connectivity index is 1.78. The number of nitrogens with one attached hydrogen (secondary N) is 3. The Bertz CT molecular complexity index is 1110. The number of rotatable bonds is 8. The first-order valence-electron chi connectivity index (χ1n) is 13.0. The summed E-state index contributed by atoms with van der Waals surface area (Å²) in [4.78, 5) is 37.1. The molecule has 6 N–H and O–H groups in total. The maximum absolute atomic E-state index is 14.7. The minimum atomic E-state index is -1.19. The van der Waals surface area contributed by atoms with Gasteiger partial charge in [0, 0.05) is 19.5 Å². The third-order valence-electron chi connectivity index (χ3n) is 6.44. The normalized spacial score (nSPS) is 19.8. The molecule has 0 aliphatic carbocycles. The van der Waals surface area contributed by atoms with Crippen molar-refractivity contribution in [2.75, 3.05) is 13.2 Å². The molecule has 0 saturated carbocycles. The topological polar surface area (TPSA) is 143 Å². The summed E-state index contributed by atoms with van der Waals surface area (Å²) in [6.45, 7) is 2.94. The third-order valence-corrected chi connectivity index (χ3v) is 6.44. The zero-order valence-electron chi connectivity index (χ0n) is 21.7. The van der Waals surface area contributed by atoms with E-state index in [9.17, 15) is 23.9 Å². The Hall–Kier alpha value is -3.50. The standard InChI is InChI=1S/C28H37FN4O5/c1-2-18-6-5-7-20(12-18)16-31-17-24(34)22-14-19-9-10-25(21(29)13-19)38-11-4-3-8-27(36)32-23(15-26(30)35)28(37)33-22/h5-7,9-10,12-13,22-24,31,34H,2-4,8,11,14-17H2,1H3,(H2,30,35)(H,32,36)(H,33,37)/t22-,23-,24+/m0/s1. The minimum Gasteiger partial charge on any atom is -0.491 e. The van der Waals surface area contributed by atoms with E-state index in [4.69, 9.17) is 10.5 Å². The Morgan fingerprint density at radius 3 is 2.71 bits per heavy atom. The zero-order valence-corrected chi connectivity index (χ0v) is 21.7. The molecule has 0 unspecified atom stereocenters. The molecule has 0 radical (unpaired) electrons. The van der Waals surface area contributed by atoms with Crippen molar-refractivity contribution in [3.63, 3.8) is 0 Å². The number of amides is 3. The van der Waals surface area contributed by atoms with E-state index in [1.807, 2.05) is 18.2 Å². The van der Waals surface area contributed by atoms with Crippen LogP contribution in [0, 0.1) is 5.82 Å². The maximum Gasteiger partial charge on any atom is 0.243 e. The lowest BCUT2D eigenvalue weighted by Gasteiger charge is -2.27. The van der Waals surface area contributed by atoms with Gasteiger partial charge in [0.1, 0.15) is 6.04 Å². The number of aliphatic hydroxyl groups excluding tert-OH is 1. The monoisotopic (exact) mass is 528 g/mol. The van der Waals surface area contributed by atoms with Crippen LogP contribution in [0.5, 0.6) is 5.75 Å². The maximum atomic E-state index is 14.7. The Morgan fingerprint density at radius 1 is 1.18 bits per heavy atom. The van der Waals surface area contributed by atoms with Gasteiger partial charge >= 0.3 is 0 Å². The van der Waals surface area contributed by atoms with Gasteiger partial charge in [0.25, 0.3) is 0 Å². The molecule has 0 fully saturated rings. The number of primary amides is 1. The fourth-order valence-corrected chi connectivity index (χ4v) is 4.32. The van der Waals surface area contributed by atoms with Crippen LogP contribution < -0.4 is 26.4 Å². The third kappa shape index (κ3) is 9.11. The number of aryl methyl sites for hydroxylation is 1. The number of ether oxygens (including phenoxy) is 1. The number of carbonyl (C=O) groups excluding carboxylic acids is 3. The summed E-state index contributed by atoms with van der Waals surface area (Å²) in [5, 5.41) is 19.5. The van der Waals surface area contributed by atoms with Gasteiger partial charge in [-0.25, -0.2) is 4.39 Å². The van der Waals surface area contributed by atoms with Gasteiger partial charge in [0.2, 0.25) is 17.7 Å². The van der Waals surface area contributed by atoms with Crippen LogP contribution in [0.15, 0.2) is 42.5 Å². The number of benzene rings is 2. The first kappa shape index (κ1) is 29.1. The van der Waals surface area contributed by atoms with E-state index in [-0.39, 0.29) is 31.7 Å². The van der Waals surface area contributed by atoms with Crippen molar-refractivity contribution >= 4 is 17.7 Å². The van der Waals surface area contributed by atoms with Crippen molar-refractivity contribution in [2.45, 2.75) is 70.2 Å². The van der Waals surface area contributed by atoms with Gasteiger partial charge in [-0.1, -0.05) is 37.3 Å². The fourth-order valence-electron chi connectivity index (χ4n) is 4.32. The highest BCUT2D eigenvalue weighted by Gasteiger charge is 2.28. The summed E-state index contributed by atoms with van der Waals surface area (Å²) >= 11 is 0. The van der Waals surface area contributed by atoms with Crippen LogP contribution in [0.1, 0.15) is 49.3 Å². The molecule has 38 heavy (non-hydrogen) atoms. The first-order valence-corrected chi connectivity index (χ1v) is 13.0. The van der Waals surface area contributed by atoms with Crippen molar-refractivity contribution in [1.82, 2.24) is 16.0 Å². The van der Waals surface area contributed by atoms with E-state index in [1.54, 1.807) is 6.07 Å². The predicted octanol–water partition coefficient (Wildman–Crippen LogP) is 1.49. The molecular weight excluding hydrogens is 491 g/mol. The van der Waals surface area contributed by atoms with E-state index in [1.165, 1.54) is 17.7 Å². The zero-order chi connectivity index (χ0) is 27.5. The van der Waals surface area contributed by atoms with Gasteiger partial charge < -0.3 is 31.5 Å². The molecule has 2 heterocycles. The summed E-state index contributed by atoms with van der Waals surface area (Å²) < 4.78 is 20.2. The lowest BCUT2D eigenvalue weighted by atomic mass is 9.99. The molecule has 3 atom stereocenters. The second-order valence-electron chi connectivity index (χ2n) is 9.55. The van der Waals surface area contributed by atoms with Gasteiger partial charge in [-0.3, -0.25) is 14.4 Å². The van der Waals surface area contributed by atoms with E-state index in [0.717, 1.165) is 12.0 Å². The van der Waals surface area contributed by atoms with Gasteiger partial charge in [-0.05, 0) is 54.5 Å². The highest BCUT2D eigenvalue weighted by atomic mass is 19.1. The van der Waals surface area contributed by atoms with E-state index < -0.39 is 48.1 Å². The smallest absolute Gasteiger partial charge is 0.243 e. The van der Waals surface area contributed by atoms with Gasteiger partial charge in [0.15, 0.2) is 11.6 Å². The molecule has 2 aliphatic heterocycles. The van der Waals surface area contributed by atoms with Crippen LogP contribution in [0.25, 0.3) is 0 Å². The predicted molar refractivity (Wildman–Crippen MR) is 141 cm³/mol. The molecule has 206 valence electrons. The van der Waals surface area contributed by atoms with Crippen LogP contribution in [-0.4, -0.2) is 54.2 Å². The number of hydrogen-bond acceptors (Lipinski definition) is 6. The molecule has 9 nitrogen and oxygen atoms in total. The van der Waals surface area contributed by atoms with E-state index >= 15 is 0 Å². The second-order valence-corrected chi connectivity index (χ2v) is 9.55. The number of aliphatic hydroxyl groups is 1. The largest absolute Gasteiger partial charge is 0.491 e. The summed E-state index contributed by atoms with van der Waals surface area (Å²) in [7, 11) is 0. The van der Waals surface area contributed by atoms with Crippen molar-refractivity contribution in [2.24, 2.45) is 5.73 Å². The second kappa shape index (κ2) is 14.4. The van der Waals surface area contributed by atoms with Gasteiger partial charge in [0.05, 0.1) is 25.2 Å². The molecule has 10 heteroatoms. The lowest BCUT2D eigenvalue weighted by Crippen LogP contribution is -2.55. The first-order chi connectivity index (χ1) is 18.2. The number of carbonyl (C=O) groups is 3. The Labute approximate surface area is 222 Å². The molecule has 2 aromatic carbocycles. The molecule has 0 aromatic heterocycles. The number of halogens is 1. The lowest BCUT2D eigenvalue weighted by molar-refractivity contribution is -0.132. The van der Waals surface area contributed by atoms with E-state index in [2.05, 4.69) is 28.9 Å². The van der Waals surface area contributed by atoms with Crippen molar-refractivity contribution in [1.29, 1.82) is 0 Å². The van der Waals surface area contributed by atoms with Crippen LogP contribution in [0.3, 0.4) is 0 Å². The molecule has 2 bridgehead atoms. The van der Waals surface area contributed by atoms with Crippen LogP contribution in [0.2, 0.25) is 0 Å². The van der Waals surface area contributed by atoms with Gasteiger partial charge in [-0.15, -0.1) is 0 Å². The minimum absolute atomic E-state index is 0.0997. The highest BCUT2D eigenvalue weighted by Crippen LogP contribution is 2.20. The summed E-state index contributed by atoms with van der Waals surface area (Å²) in [6, 6.07) is 10.6. The van der Waals surface area contributed by atoms with Crippen LogP contribution in [-0.2, 0) is 33.8 Å². The molecule has 0 saturated heterocycles. The summed E-state index contributed by atoms with van der Waals surface area (Å²) in [5.41, 5.74) is 8.12.